The van der Waals surface area contributed by atoms with Crippen LogP contribution in [0.3, 0.4) is 0 Å². The van der Waals surface area contributed by atoms with E-state index in [-0.39, 0.29) is 121 Å². The second-order valence-electron chi connectivity index (χ2n) is 0.141. The second kappa shape index (κ2) is 257. The van der Waals surface area contributed by atoms with Crippen LogP contribution in [-0.4, -0.2) is 28.0 Å². The fraction of sp³-hybridized carbons (Fsp3) is 1.00. The summed E-state index contributed by atoms with van der Waals surface area (Å²) >= 11 is 0. The fourth-order valence-corrected chi connectivity index (χ4v) is 0. The average molecular weight is 358 g/mol. The van der Waals surface area contributed by atoms with E-state index in [1.54, 1.807) is 0 Å². The van der Waals surface area contributed by atoms with Gasteiger partial charge in [-0.3, -0.25) is 0 Å². The largest absolute Gasteiger partial charge is 0.412 e. The van der Waals surface area contributed by atoms with E-state index in [0.29, 0.717) is 0 Å². The molecule has 90 valence electrons. The van der Waals surface area contributed by atoms with Gasteiger partial charge in [-0.15, -0.1) is 0 Å². The van der Waals surface area contributed by atoms with Crippen molar-refractivity contribution in [3.8, 4) is 0 Å². The first-order valence-electron chi connectivity index (χ1n) is 0.632. The topological polar surface area (TPSA) is 103 Å². The minimum absolute atomic E-state index is 0. The van der Waals surface area contributed by atoms with Crippen molar-refractivity contribution < 1.29 is 86.6 Å². The monoisotopic (exact) mass is 358 g/mol. The molecule has 0 spiro atoms. The van der Waals surface area contributed by atoms with Crippen LogP contribution >= 0.6 is 0 Å². The number of rotatable bonds is 0. The number of hydrogen-bond acceptors (Lipinski definition) is 2. The summed E-state index contributed by atoms with van der Waals surface area (Å²) in [6, 6.07) is 0. The van der Waals surface area contributed by atoms with Crippen molar-refractivity contribution in [2.45, 2.75) is 44.6 Å². The van der Waals surface area contributed by atoms with Crippen LogP contribution < -0.4 is 0 Å². The van der Waals surface area contributed by atoms with E-state index >= 15 is 0 Å². The van der Waals surface area contributed by atoms with Crippen molar-refractivity contribution in [3.63, 3.8) is 0 Å². The summed E-state index contributed by atoms with van der Waals surface area (Å²) < 4.78 is 0. The molecule has 0 bridgehead atoms. The van der Waals surface area contributed by atoms with Gasteiger partial charge in [0.05, 0.1) is 0 Å². The van der Waals surface area contributed by atoms with Gasteiger partial charge in [-0.25, -0.2) is 0 Å². The van der Waals surface area contributed by atoms with E-state index in [4.69, 9.17) is 10.2 Å². The molecule has 13 heavy (non-hydrogen) atoms. The van der Waals surface area contributed by atoms with E-state index in [9.17, 15) is 0 Å². The van der Waals surface area contributed by atoms with Crippen molar-refractivity contribution in [1.82, 2.24) is 0 Å². The smallest absolute Gasteiger partial charge is 0.140 e. The first-order chi connectivity index (χ1) is 1.41. The van der Waals surface area contributed by atoms with Gasteiger partial charge in [0.25, 0.3) is 0 Å². The average Bonchev–Trinajstić information content (AvgIpc) is 0.918. The zero-order valence-corrected chi connectivity index (χ0v) is 9.43. The van der Waals surface area contributed by atoms with Crippen molar-refractivity contribution in [1.29, 1.82) is 0 Å². The third-order valence-electron chi connectivity index (χ3n) is 0. The fourth-order valence-electron chi connectivity index (χ4n) is 0. The predicted octanol–water partition coefficient (Wildman–Crippen LogP) is 1.09. The van der Waals surface area contributed by atoms with Crippen LogP contribution in [0.25, 0.3) is 0 Å². The quantitative estimate of drug-likeness (QED) is 0.633. The normalized spacial score (nSPS) is 1.38. The van der Waals surface area contributed by atoms with Crippen LogP contribution in [0, 0.1) is 0 Å². The molecule has 0 amide bonds. The Morgan fingerprint density at radius 2 is 0.538 bits per heavy atom. The van der Waals surface area contributed by atoms with Crippen LogP contribution in [0.4, 0.5) is 0 Å². The van der Waals surface area contributed by atoms with E-state index in [1.807, 2.05) is 0 Å². The number of aliphatic hydroxyl groups is 2. The summed E-state index contributed by atoms with van der Waals surface area (Å²) in [6.07, 6.45) is 0. The Labute approximate surface area is 136 Å². The summed E-state index contributed by atoms with van der Waals surface area (Å²) in [4.78, 5) is 0. The summed E-state index contributed by atoms with van der Waals surface area (Å²) in [7, 11) is 0. The van der Waals surface area contributed by atoms with Crippen LogP contribution in [0.15, 0.2) is 0 Å². The minimum Gasteiger partial charge on any atom is -0.412 e. The molecule has 0 aromatic rings. The van der Waals surface area contributed by atoms with Gasteiger partial charge >= 0.3 is 0 Å². The van der Waals surface area contributed by atoms with E-state index in [2.05, 4.69) is 0 Å². The van der Waals surface area contributed by atoms with Crippen molar-refractivity contribution >= 4 is 0 Å². The summed E-state index contributed by atoms with van der Waals surface area (Å²) in [6.45, 7) is -0.750. The molecule has 0 aromatic heterocycles. The Kier molecular flexibility index (Phi) is 3590. The molecule has 0 saturated carbocycles. The zero-order chi connectivity index (χ0) is 2.71. The molecule has 0 aliphatic carbocycles. The van der Waals surface area contributed by atoms with Gasteiger partial charge in [0, 0.05) is 65.4 Å². The molecular formula is C7H32O4Y2. The van der Waals surface area contributed by atoms with Crippen LogP contribution in [0.5, 0.6) is 0 Å². The Hall–Kier alpha value is 2.05. The molecule has 4 nitrogen and oxygen atoms in total. The van der Waals surface area contributed by atoms with Crippen LogP contribution in [0.1, 0.15) is 44.6 Å². The Balaban J connectivity index is -0.000000000444. The standard InChI is InChI=1S/CH4O2.6CH4.2H2O.2Y/c2-1-3;;;;;;;;;;/h2-3H,1H2;6*1H4;2*1H2;;. The van der Waals surface area contributed by atoms with E-state index in [0.717, 1.165) is 0 Å². The van der Waals surface area contributed by atoms with Gasteiger partial charge in [-0.1, -0.05) is 44.6 Å². The third kappa shape index (κ3) is 486. The van der Waals surface area contributed by atoms with Gasteiger partial charge in [-0.05, 0) is 0 Å². The zero-order valence-electron chi connectivity index (χ0n) is 3.76. The van der Waals surface area contributed by atoms with Crippen LogP contribution in [-0.2, 0) is 65.4 Å². The summed E-state index contributed by atoms with van der Waals surface area (Å²) in [5.41, 5.74) is 0. The van der Waals surface area contributed by atoms with Gasteiger partial charge in [-0.2, -0.15) is 0 Å². The molecule has 0 unspecified atom stereocenters. The first kappa shape index (κ1) is 181. The maximum Gasteiger partial charge on any atom is 0.140 e. The SMILES string of the molecule is C.C.C.C.C.C.O.O.OCO.[Y].[Y]. The molecule has 0 fully saturated rings. The molecule has 0 heterocycles. The van der Waals surface area contributed by atoms with Gasteiger partial charge in [0.2, 0.25) is 0 Å². The number of hydrogen-bond donors (Lipinski definition) is 2. The van der Waals surface area contributed by atoms with Gasteiger partial charge in [0.15, 0.2) is 0 Å². The molecule has 0 atom stereocenters. The number of aliphatic hydroxyl groups excluding tert-OH is 1. The molecule has 0 saturated heterocycles. The Bertz CT molecular complexity index is 18.5. The Morgan fingerprint density at radius 3 is 0.538 bits per heavy atom. The first-order valence-corrected chi connectivity index (χ1v) is 0.632. The van der Waals surface area contributed by atoms with Gasteiger partial charge < -0.3 is 21.2 Å². The van der Waals surface area contributed by atoms with Crippen molar-refractivity contribution in [2.75, 3.05) is 6.79 Å². The van der Waals surface area contributed by atoms with E-state index < -0.39 is 6.79 Å². The minimum atomic E-state index is -0.750. The molecule has 6 N–H and O–H groups in total. The molecule has 2 radical (unpaired) electrons. The molecule has 0 rings (SSSR count). The maximum absolute atomic E-state index is 7.12. The molecule has 0 aliphatic heterocycles. The summed E-state index contributed by atoms with van der Waals surface area (Å²) in [5, 5.41) is 14.2. The maximum atomic E-state index is 7.12. The third-order valence-corrected chi connectivity index (χ3v) is 0. The van der Waals surface area contributed by atoms with Crippen molar-refractivity contribution in [3.05, 3.63) is 0 Å². The van der Waals surface area contributed by atoms with Crippen molar-refractivity contribution in [2.24, 2.45) is 0 Å². The van der Waals surface area contributed by atoms with Crippen LogP contribution in [0.2, 0.25) is 0 Å². The predicted molar refractivity (Wildman–Crippen MR) is 56.9 cm³/mol. The second-order valence-corrected chi connectivity index (χ2v) is 0.141. The molecule has 0 aromatic carbocycles. The summed E-state index contributed by atoms with van der Waals surface area (Å²) in [5.74, 6) is 0. The van der Waals surface area contributed by atoms with Gasteiger partial charge in [0.1, 0.15) is 6.79 Å². The molecule has 6 heteroatoms. The Morgan fingerprint density at radius 1 is 0.538 bits per heavy atom. The molecular weight excluding hydrogens is 326 g/mol. The molecule has 0 aliphatic rings. The van der Waals surface area contributed by atoms with E-state index in [1.165, 1.54) is 0 Å².